The van der Waals surface area contributed by atoms with Crippen LogP contribution in [-0.2, 0) is 9.53 Å². The summed E-state index contributed by atoms with van der Waals surface area (Å²) in [6, 6.07) is 0. The van der Waals surface area contributed by atoms with Gasteiger partial charge in [-0.3, -0.25) is 4.79 Å². The molecule has 0 bridgehead atoms. The largest absolute Gasteiger partial charge is 0.430 e. The van der Waals surface area contributed by atoms with Crippen LogP contribution >= 0.6 is 11.6 Å². The number of halogens is 1. The molecule has 3 heteroatoms. The summed E-state index contributed by atoms with van der Waals surface area (Å²) in [6.07, 6.45) is 0. The summed E-state index contributed by atoms with van der Waals surface area (Å²) < 4.78 is 4.89. The quantitative estimate of drug-likeness (QED) is 0.571. The first kappa shape index (κ1) is 8.60. The van der Waals surface area contributed by atoms with Gasteiger partial charge in [0.15, 0.2) is 0 Å². The third-order valence-corrected chi connectivity index (χ3v) is 2.58. The van der Waals surface area contributed by atoms with Crippen LogP contribution in [0.5, 0.6) is 0 Å². The van der Waals surface area contributed by atoms with Crippen molar-refractivity contribution in [1.82, 2.24) is 0 Å². The molecule has 11 heavy (non-hydrogen) atoms. The van der Waals surface area contributed by atoms with Crippen LogP contribution in [0.3, 0.4) is 0 Å². The average Bonchev–Trinajstić information content (AvgIpc) is 1.98. The number of ether oxygens (including phenoxy) is 1. The zero-order chi connectivity index (χ0) is 8.59. The Morgan fingerprint density at radius 1 is 1.45 bits per heavy atom. The number of rotatable bonds is 1. The highest BCUT2D eigenvalue weighted by Crippen LogP contribution is 2.43. The lowest BCUT2D eigenvalue weighted by molar-refractivity contribution is -0.138. The number of esters is 1. The lowest BCUT2D eigenvalue weighted by Crippen LogP contribution is -2.26. The van der Waals surface area contributed by atoms with E-state index in [9.17, 15) is 4.79 Å². The first-order valence-corrected chi connectivity index (χ1v) is 3.99. The molecule has 1 aliphatic rings. The Hall–Kier alpha value is -0.500. The molecule has 1 rings (SSSR count). The van der Waals surface area contributed by atoms with Crippen molar-refractivity contribution < 1.29 is 9.53 Å². The Labute approximate surface area is 71.2 Å². The van der Waals surface area contributed by atoms with Gasteiger partial charge in [0, 0.05) is 18.8 Å². The van der Waals surface area contributed by atoms with Crippen molar-refractivity contribution in [3.05, 3.63) is 10.8 Å². The maximum Gasteiger partial charge on any atom is 0.307 e. The highest BCUT2D eigenvalue weighted by molar-refractivity contribution is 6.31. The Bertz CT molecular complexity index is 220. The molecule has 2 nitrogen and oxygen atoms in total. The maximum absolute atomic E-state index is 10.5. The zero-order valence-electron chi connectivity index (χ0n) is 6.85. The molecular formula is C8H11ClO2. The van der Waals surface area contributed by atoms with Crippen LogP contribution in [-0.4, -0.2) is 5.97 Å². The van der Waals surface area contributed by atoms with Crippen LogP contribution in [0, 0.1) is 11.8 Å². The second-order valence-corrected chi connectivity index (χ2v) is 3.29. The van der Waals surface area contributed by atoms with E-state index in [4.69, 9.17) is 16.3 Å². The highest BCUT2D eigenvalue weighted by atomic mass is 35.5. The second kappa shape index (κ2) is 2.86. The molecule has 0 aromatic carbocycles. The molecule has 0 amide bonds. The Kier molecular flexibility index (Phi) is 2.23. The highest BCUT2D eigenvalue weighted by Gasteiger charge is 2.35. The minimum Gasteiger partial charge on any atom is -0.430 e. The number of allylic oxidation sites excluding steroid dienone is 2. The van der Waals surface area contributed by atoms with Gasteiger partial charge in [0.1, 0.15) is 5.76 Å². The van der Waals surface area contributed by atoms with Gasteiger partial charge < -0.3 is 4.74 Å². The summed E-state index contributed by atoms with van der Waals surface area (Å²) in [4.78, 5) is 10.5. The summed E-state index contributed by atoms with van der Waals surface area (Å²) >= 11 is 5.81. The van der Waals surface area contributed by atoms with Crippen molar-refractivity contribution in [3.63, 3.8) is 0 Å². The van der Waals surface area contributed by atoms with Gasteiger partial charge in [-0.05, 0) is 0 Å². The normalized spacial score (nSPS) is 29.8. The van der Waals surface area contributed by atoms with Crippen molar-refractivity contribution >= 4 is 17.6 Å². The fraction of sp³-hybridized carbons (Fsp3) is 0.625. The molecular weight excluding hydrogens is 164 g/mol. The summed E-state index contributed by atoms with van der Waals surface area (Å²) in [5, 5.41) is 0.688. The minimum absolute atomic E-state index is 0.284. The molecule has 62 valence electrons. The predicted molar refractivity (Wildman–Crippen MR) is 43.0 cm³/mol. The van der Waals surface area contributed by atoms with Crippen LogP contribution < -0.4 is 0 Å². The number of hydrogen-bond donors (Lipinski definition) is 0. The van der Waals surface area contributed by atoms with Crippen LogP contribution in [0.1, 0.15) is 20.8 Å². The zero-order valence-corrected chi connectivity index (χ0v) is 7.61. The number of hydrogen-bond acceptors (Lipinski definition) is 2. The average molecular weight is 175 g/mol. The summed E-state index contributed by atoms with van der Waals surface area (Å²) in [5.74, 6) is 0.973. The number of carbonyl (C=O) groups excluding carboxylic acids is 1. The molecule has 0 heterocycles. The predicted octanol–water partition coefficient (Wildman–Crippen LogP) is 2.29. The van der Waals surface area contributed by atoms with Crippen molar-refractivity contribution in [1.29, 1.82) is 0 Å². The second-order valence-electron chi connectivity index (χ2n) is 2.88. The third-order valence-electron chi connectivity index (χ3n) is 2.05. The fourth-order valence-electron chi connectivity index (χ4n) is 1.09. The molecule has 1 aliphatic carbocycles. The minimum atomic E-state index is -0.295. The summed E-state index contributed by atoms with van der Waals surface area (Å²) in [5.41, 5.74) is 0. The molecule has 0 aromatic rings. The van der Waals surface area contributed by atoms with E-state index >= 15 is 0 Å². The van der Waals surface area contributed by atoms with Crippen LogP contribution in [0.2, 0.25) is 0 Å². The first-order chi connectivity index (χ1) is 5.04. The molecule has 0 saturated heterocycles. The van der Waals surface area contributed by atoms with Gasteiger partial charge >= 0.3 is 5.97 Å². The Morgan fingerprint density at radius 3 is 2.36 bits per heavy atom. The molecule has 0 radical (unpaired) electrons. The van der Waals surface area contributed by atoms with Crippen molar-refractivity contribution in [3.8, 4) is 0 Å². The summed E-state index contributed by atoms with van der Waals surface area (Å²) in [6.45, 7) is 5.39. The molecule has 0 aliphatic heterocycles. The molecule has 0 spiro atoms. The third kappa shape index (κ3) is 1.41. The van der Waals surface area contributed by atoms with Gasteiger partial charge in [-0.15, -0.1) is 0 Å². The molecule has 0 saturated carbocycles. The van der Waals surface area contributed by atoms with E-state index in [-0.39, 0.29) is 11.9 Å². The van der Waals surface area contributed by atoms with Crippen molar-refractivity contribution in [2.24, 2.45) is 11.8 Å². The van der Waals surface area contributed by atoms with Gasteiger partial charge in [0.05, 0.1) is 5.03 Å². The molecule has 0 unspecified atom stereocenters. The van der Waals surface area contributed by atoms with Crippen molar-refractivity contribution in [2.45, 2.75) is 20.8 Å². The monoisotopic (exact) mass is 174 g/mol. The van der Waals surface area contributed by atoms with Gasteiger partial charge in [-0.2, -0.15) is 0 Å². The molecule has 0 fully saturated rings. The van der Waals surface area contributed by atoms with E-state index in [0.29, 0.717) is 16.7 Å². The van der Waals surface area contributed by atoms with E-state index < -0.39 is 0 Å². The van der Waals surface area contributed by atoms with Gasteiger partial charge in [0.25, 0.3) is 0 Å². The van der Waals surface area contributed by atoms with E-state index in [0.717, 1.165) is 0 Å². The van der Waals surface area contributed by atoms with E-state index in [1.165, 1.54) is 6.92 Å². The SMILES string of the molecule is CC(=O)OC1=C(Cl)[C@@H](C)[C@H]1C. The standard InChI is InChI=1S/C8H11ClO2/c1-4-5(2)8(7(4)9)11-6(3)10/h4-5H,1-3H3/t4-,5+/m0/s1. The van der Waals surface area contributed by atoms with Gasteiger partial charge in [-0.25, -0.2) is 0 Å². The van der Waals surface area contributed by atoms with Crippen LogP contribution in [0.4, 0.5) is 0 Å². The van der Waals surface area contributed by atoms with Crippen molar-refractivity contribution in [2.75, 3.05) is 0 Å². The Balaban J connectivity index is 2.67. The lowest BCUT2D eigenvalue weighted by Gasteiger charge is -2.32. The van der Waals surface area contributed by atoms with E-state index in [1.54, 1.807) is 0 Å². The fourth-order valence-corrected chi connectivity index (χ4v) is 1.49. The number of carbonyl (C=O) groups is 1. The molecule has 0 aromatic heterocycles. The first-order valence-electron chi connectivity index (χ1n) is 3.62. The van der Waals surface area contributed by atoms with Crippen LogP contribution in [0.25, 0.3) is 0 Å². The van der Waals surface area contributed by atoms with Gasteiger partial charge in [0.2, 0.25) is 0 Å². The lowest BCUT2D eigenvalue weighted by atomic mass is 9.82. The topological polar surface area (TPSA) is 26.3 Å². The smallest absolute Gasteiger partial charge is 0.307 e. The molecule has 2 atom stereocenters. The van der Waals surface area contributed by atoms with Gasteiger partial charge in [-0.1, -0.05) is 25.4 Å². The Morgan fingerprint density at radius 2 is 2.00 bits per heavy atom. The molecule has 0 N–H and O–H groups in total. The summed E-state index contributed by atoms with van der Waals surface area (Å²) in [7, 11) is 0. The van der Waals surface area contributed by atoms with Crippen LogP contribution in [0.15, 0.2) is 10.8 Å². The maximum atomic E-state index is 10.5. The van der Waals surface area contributed by atoms with E-state index in [1.807, 2.05) is 13.8 Å². The van der Waals surface area contributed by atoms with E-state index in [2.05, 4.69) is 0 Å².